The highest BCUT2D eigenvalue weighted by atomic mass is 19.1. The second kappa shape index (κ2) is 8.21. The molecule has 2 amide bonds. The number of piperidine rings is 2. The first kappa shape index (κ1) is 21.5. The van der Waals surface area contributed by atoms with E-state index in [0.29, 0.717) is 32.2 Å². The minimum Gasteiger partial charge on any atom is -0.465 e. The van der Waals surface area contributed by atoms with Gasteiger partial charge < -0.3 is 20.4 Å². The van der Waals surface area contributed by atoms with Gasteiger partial charge in [0, 0.05) is 30.2 Å². The van der Waals surface area contributed by atoms with Crippen LogP contribution in [-0.4, -0.2) is 63.7 Å². The van der Waals surface area contributed by atoms with Gasteiger partial charge in [0.05, 0.1) is 17.6 Å². The number of hydrogen-bond donors (Lipinski definition) is 3. The van der Waals surface area contributed by atoms with Crippen LogP contribution in [0.1, 0.15) is 51.4 Å². The van der Waals surface area contributed by atoms with Gasteiger partial charge in [-0.15, -0.1) is 0 Å². The Bertz CT molecular complexity index is 866. The van der Waals surface area contributed by atoms with Crippen LogP contribution in [0.25, 0.3) is 0 Å². The van der Waals surface area contributed by atoms with Crippen LogP contribution >= 0.6 is 0 Å². The van der Waals surface area contributed by atoms with E-state index in [1.165, 1.54) is 4.90 Å². The van der Waals surface area contributed by atoms with Crippen molar-refractivity contribution in [2.75, 3.05) is 11.4 Å². The van der Waals surface area contributed by atoms with Gasteiger partial charge in [0.15, 0.2) is 6.30 Å². The van der Waals surface area contributed by atoms with Crippen molar-refractivity contribution in [2.24, 2.45) is 11.8 Å². The molecule has 1 aromatic carbocycles. The number of carboxylic acid groups (broad SMARTS) is 1. The Labute approximate surface area is 187 Å². The van der Waals surface area contributed by atoms with E-state index in [1.54, 1.807) is 4.90 Å². The van der Waals surface area contributed by atoms with Crippen molar-refractivity contribution in [3.8, 4) is 0 Å². The fraction of sp³-hybridized carbons (Fsp3) is 0.667. The molecule has 1 saturated carbocycles. The smallest absolute Gasteiger partial charge is 0.408 e. The first-order chi connectivity index (χ1) is 15.4. The predicted octanol–water partition coefficient (Wildman–Crippen LogP) is 3.13. The van der Waals surface area contributed by atoms with Crippen LogP contribution < -0.4 is 10.2 Å². The molecule has 8 heteroatoms. The normalized spacial score (nSPS) is 37.1. The zero-order valence-electron chi connectivity index (χ0n) is 18.2. The van der Waals surface area contributed by atoms with Gasteiger partial charge in [0.25, 0.3) is 0 Å². The van der Waals surface area contributed by atoms with Crippen molar-refractivity contribution in [2.45, 2.75) is 81.4 Å². The Kier molecular flexibility index (Phi) is 5.51. The topological polar surface area (TPSA) is 93.1 Å². The number of amides is 2. The third-order valence-electron chi connectivity index (χ3n) is 8.32. The molecule has 2 bridgehead atoms. The molecule has 6 atom stereocenters. The van der Waals surface area contributed by atoms with Crippen molar-refractivity contribution < 1.29 is 24.2 Å². The summed E-state index contributed by atoms with van der Waals surface area (Å²) >= 11 is 0. The number of halogens is 1. The van der Waals surface area contributed by atoms with E-state index < -0.39 is 36.0 Å². The van der Waals surface area contributed by atoms with Crippen LogP contribution in [0.2, 0.25) is 0 Å². The standard InChI is InChI=1S/C24H32FN3O4/c25-21-20(24-11-9-17(13-18(29)14-24)28(24)23(31)32)19(26-22(30)15-5-4-6-15)10-12-27(21)16-7-2-1-3-8-16/h1-3,7-8,15,17-21,29H,4-6,9-14H2,(H,26,30)(H,31,32). The first-order valence-electron chi connectivity index (χ1n) is 11.9. The molecule has 0 aromatic heterocycles. The number of alkyl halides is 1. The summed E-state index contributed by atoms with van der Waals surface area (Å²) in [7, 11) is 0. The lowest BCUT2D eigenvalue weighted by atomic mass is 9.69. The maximum atomic E-state index is 16.5. The lowest BCUT2D eigenvalue weighted by molar-refractivity contribution is -0.130. The maximum absolute atomic E-state index is 16.5. The predicted molar refractivity (Wildman–Crippen MR) is 117 cm³/mol. The van der Waals surface area contributed by atoms with Gasteiger partial charge in [-0.25, -0.2) is 9.18 Å². The summed E-state index contributed by atoms with van der Waals surface area (Å²) in [5.41, 5.74) is -0.281. The van der Waals surface area contributed by atoms with Crippen LogP contribution in [0.3, 0.4) is 0 Å². The fourth-order valence-electron chi connectivity index (χ4n) is 6.69. The van der Waals surface area contributed by atoms with Crippen molar-refractivity contribution in [3.63, 3.8) is 0 Å². The van der Waals surface area contributed by atoms with Gasteiger partial charge in [0.2, 0.25) is 5.91 Å². The van der Waals surface area contributed by atoms with E-state index in [0.717, 1.165) is 24.9 Å². The highest BCUT2D eigenvalue weighted by Crippen LogP contribution is 2.53. The molecule has 0 spiro atoms. The average Bonchev–Trinajstić information content (AvgIpc) is 2.96. The van der Waals surface area contributed by atoms with Gasteiger partial charge in [-0.3, -0.25) is 9.69 Å². The van der Waals surface area contributed by atoms with Gasteiger partial charge >= 0.3 is 6.09 Å². The summed E-state index contributed by atoms with van der Waals surface area (Å²) in [6.07, 6.45) is 1.79. The molecular weight excluding hydrogens is 413 g/mol. The number of carbonyl (C=O) groups is 2. The number of nitrogens with one attached hydrogen (secondary N) is 1. The molecule has 5 rings (SSSR count). The second-order valence-corrected chi connectivity index (χ2v) is 10.0. The van der Waals surface area contributed by atoms with Crippen LogP contribution in [0, 0.1) is 11.8 Å². The van der Waals surface area contributed by atoms with E-state index in [9.17, 15) is 19.8 Å². The molecule has 1 aliphatic carbocycles. The van der Waals surface area contributed by atoms with E-state index in [4.69, 9.17) is 0 Å². The Morgan fingerprint density at radius 1 is 1.12 bits per heavy atom. The van der Waals surface area contributed by atoms with Gasteiger partial charge in [-0.05, 0) is 57.1 Å². The highest BCUT2D eigenvalue weighted by Gasteiger charge is 2.63. The molecular formula is C24H32FN3O4. The summed E-state index contributed by atoms with van der Waals surface area (Å²) in [6.45, 7) is 0.437. The third-order valence-corrected chi connectivity index (χ3v) is 8.32. The number of benzene rings is 1. The van der Waals surface area contributed by atoms with Gasteiger partial charge in [-0.2, -0.15) is 0 Å². The van der Waals surface area contributed by atoms with Crippen LogP contribution in [-0.2, 0) is 4.79 Å². The van der Waals surface area contributed by atoms with Crippen molar-refractivity contribution >= 4 is 17.7 Å². The zero-order chi connectivity index (χ0) is 22.5. The highest BCUT2D eigenvalue weighted by molar-refractivity contribution is 5.80. The van der Waals surface area contributed by atoms with E-state index in [1.807, 2.05) is 30.3 Å². The van der Waals surface area contributed by atoms with E-state index in [-0.39, 0.29) is 24.3 Å². The molecule has 3 heterocycles. The quantitative estimate of drug-likeness (QED) is 0.620. The van der Waals surface area contributed by atoms with Gasteiger partial charge in [0.1, 0.15) is 0 Å². The Hall–Kier alpha value is -2.35. The Morgan fingerprint density at radius 3 is 2.53 bits per heavy atom. The Morgan fingerprint density at radius 2 is 1.88 bits per heavy atom. The lowest BCUT2D eigenvalue weighted by Gasteiger charge is -2.55. The summed E-state index contributed by atoms with van der Waals surface area (Å²) in [5, 5.41) is 23.8. The first-order valence-corrected chi connectivity index (χ1v) is 11.9. The summed E-state index contributed by atoms with van der Waals surface area (Å²) < 4.78 is 16.5. The number of hydrogen-bond acceptors (Lipinski definition) is 4. The molecule has 3 N–H and O–H groups in total. The lowest BCUT2D eigenvalue weighted by Crippen LogP contribution is -2.70. The minimum absolute atomic E-state index is 0.0257. The zero-order valence-corrected chi connectivity index (χ0v) is 18.2. The number of para-hydroxylation sites is 1. The average molecular weight is 446 g/mol. The molecule has 1 aromatic rings. The second-order valence-electron chi connectivity index (χ2n) is 10.0. The van der Waals surface area contributed by atoms with Crippen LogP contribution in [0.15, 0.2) is 30.3 Å². The van der Waals surface area contributed by atoms with Crippen LogP contribution in [0.5, 0.6) is 0 Å². The number of aliphatic hydroxyl groups excluding tert-OH is 1. The molecule has 6 unspecified atom stereocenters. The molecule has 3 saturated heterocycles. The molecule has 3 aliphatic heterocycles. The minimum atomic E-state index is -1.47. The molecule has 0 radical (unpaired) electrons. The number of carbonyl (C=O) groups excluding carboxylic acids is 1. The summed E-state index contributed by atoms with van der Waals surface area (Å²) in [5.74, 6) is -0.825. The summed E-state index contributed by atoms with van der Waals surface area (Å²) in [6, 6.07) is 8.54. The number of anilines is 1. The van der Waals surface area contributed by atoms with Crippen molar-refractivity contribution in [1.29, 1.82) is 0 Å². The molecule has 174 valence electrons. The largest absolute Gasteiger partial charge is 0.465 e. The van der Waals surface area contributed by atoms with E-state index >= 15 is 4.39 Å². The van der Waals surface area contributed by atoms with Crippen molar-refractivity contribution in [3.05, 3.63) is 30.3 Å². The number of aliphatic hydroxyl groups is 1. The number of fused-ring (bicyclic) bond motifs is 2. The molecule has 32 heavy (non-hydrogen) atoms. The number of nitrogens with zero attached hydrogens (tertiary/aromatic N) is 2. The SMILES string of the molecule is O=C(NC1CCN(c2ccccc2)C(F)C1C12CCC(CC(O)C1)N2C(=O)O)C1CCC1. The van der Waals surface area contributed by atoms with Crippen LogP contribution in [0.4, 0.5) is 14.9 Å². The fourth-order valence-corrected chi connectivity index (χ4v) is 6.69. The third kappa shape index (κ3) is 3.43. The van der Waals surface area contributed by atoms with Crippen molar-refractivity contribution in [1.82, 2.24) is 10.2 Å². The maximum Gasteiger partial charge on any atom is 0.408 e. The Balaban J connectivity index is 1.52. The van der Waals surface area contributed by atoms with E-state index in [2.05, 4.69) is 5.32 Å². The summed E-state index contributed by atoms with van der Waals surface area (Å²) in [4.78, 5) is 28.3. The number of rotatable bonds is 4. The molecule has 4 fully saturated rings. The van der Waals surface area contributed by atoms with Gasteiger partial charge in [-0.1, -0.05) is 24.6 Å². The monoisotopic (exact) mass is 445 g/mol. The molecule has 7 nitrogen and oxygen atoms in total. The molecule has 4 aliphatic rings.